The lowest BCUT2D eigenvalue weighted by molar-refractivity contribution is 0.589. The predicted molar refractivity (Wildman–Crippen MR) is 123 cm³/mol. The van der Waals surface area contributed by atoms with E-state index >= 15 is 0 Å². The second-order valence-electron chi connectivity index (χ2n) is 8.80. The molecule has 2 aliphatic rings. The van der Waals surface area contributed by atoms with E-state index in [-0.39, 0.29) is 10.8 Å². The van der Waals surface area contributed by atoms with Gasteiger partial charge in [-0.2, -0.15) is 0 Å². The average molecular weight is 380 g/mol. The standard InChI is InChI=1S/C28H29N/c1-6-10-21(11-7-2)28(22-16-14-20(15-17-22)27(3,4)5)24-13-9-8-12-23(24)26-25(28)18-19-29-26/h6,9-11,13-19,29H,7H2,1-5H3/b10-6-,21-11+. The van der Waals surface area contributed by atoms with Crippen LogP contribution < -0.4 is 0 Å². The Hall–Kier alpha value is -2.98. The molecule has 0 aliphatic heterocycles. The third-order valence-electron chi connectivity index (χ3n) is 5.99. The van der Waals surface area contributed by atoms with E-state index in [1.54, 1.807) is 0 Å². The van der Waals surface area contributed by atoms with E-state index in [0.717, 1.165) is 17.7 Å². The van der Waals surface area contributed by atoms with Crippen LogP contribution in [0.2, 0.25) is 0 Å². The number of aromatic nitrogens is 1. The number of fused-ring (bicyclic) bond motifs is 3. The van der Waals surface area contributed by atoms with Gasteiger partial charge in [0, 0.05) is 6.20 Å². The van der Waals surface area contributed by atoms with Crippen molar-refractivity contribution in [3.8, 4) is 0 Å². The molecule has 1 atom stereocenters. The lowest BCUT2D eigenvalue weighted by atomic mass is 9.66. The first-order chi connectivity index (χ1) is 13.9. The zero-order chi connectivity index (χ0) is 20.6. The number of rotatable bonds is 4. The molecule has 1 aromatic carbocycles. The molecular weight excluding hydrogens is 350 g/mol. The summed E-state index contributed by atoms with van der Waals surface area (Å²) in [5, 5.41) is 0. The zero-order valence-corrected chi connectivity index (χ0v) is 18.1. The number of H-pyrrole nitrogens is 1. The Kier molecular flexibility index (Phi) is 4.75. The molecule has 1 nitrogen and oxygen atoms in total. The number of allylic oxidation sites excluding steroid dienone is 8. The summed E-state index contributed by atoms with van der Waals surface area (Å²) in [6, 6.07) is 11.4. The highest BCUT2D eigenvalue weighted by Crippen LogP contribution is 2.57. The monoisotopic (exact) mass is 379 g/mol. The van der Waals surface area contributed by atoms with Crippen molar-refractivity contribution in [3.63, 3.8) is 0 Å². The molecule has 146 valence electrons. The van der Waals surface area contributed by atoms with Gasteiger partial charge in [0.25, 0.3) is 0 Å². The van der Waals surface area contributed by atoms with E-state index < -0.39 is 0 Å². The fraction of sp³-hybridized carbons (Fsp3) is 0.286. The van der Waals surface area contributed by atoms with Crippen molar-refractivity contribution in [2.75, 3.05) is 0 Å². The number of aromatic amines is 1. The topological polar surface area (TPSA) is 15.8 Å². The third-order valence-corrected chi connectivity index (χ3v) is 5.99. The van der Waals surface area contributed by atoms with Crippen molar-refractivity contribution in [1.82, 2.24) is 4.98 Å². The molecule has 0 radical (unpaired) electrons. The van der Waals surface area contributed by atoms with Gasteiger partial charge in [-0.05, 0) is 64.8 Å². The van der Waals surface area contributed by atoms with Crippen LogP contribution in [0.3, 0.4) is 0 Å². The van der Waals surface area contributed by atoms with E-state index in [1.165, 1.54) is 27.8 Å². The molecule has 0 amide bonds. The lowest BCUT2D eigenvalue weighted by Gasteiger charge is -2.35. The van der Waals surface area contributed by atoms with Crippen LogP contribution in [0, 0.1) is 0 Å². The number of nitrogens with one attached hydrogen (secondary N) is 1. The van der Waals surface area contributed by atoms with Crippen LogP contribution in [-0.2, 0) is 10.8 Å². The van der Waals surface area contributed by atoms with E-state index in [9.17, 15) is 0 Å². The summed E-state index contributed by atoms with van der Waals surface area (Å²) in [6.07, 6.45) is 14.0. The smallest absolute Gasteiger partial charge is 0.0732 e. The molecule has 2 aromatic rings. The Bertz CT molecular complexity index is 1130. The van der Waals surface area contributed by atoms with Gasteiger partial charge in [0.05, 0.1) is 16.7 Å². The molecule has 1 heterocycles. The van der Waals surface area contributed by atoms with Crippen molar-refractivity contribution in [3.05, 3.63) is 112 Å². The van der Waals surface area contributed by atoms with Crippen LogP contribution in [0.25, 0.3) is 5.57 Å². The molecule has 29 heavy (non-hydrogen) atoms. The van der Waals surface area contributed by atoms with Gasteiger partial charge in [0.2, 0.25) is 0 Å². The Labute approximate surface area is 174 Å². The summed E-state index contributed by atoms with van der Waals surface area (Å²) in [6.45, 7) is 11.1. The molecule has 2 aliphatic carbocycles. The summed E-state index contributed by atoms with van der Waals surface area (Å²) >= 11 is 0. The van der Waals surface area contributed by atoms with E-state index in [1.807, 2.05) is 12.3 Å². The van der Waals surface area contributed by atoms with Crippen LogP contribution >= 0.6 is 0 Å². The van der Waals surface area contributed by atoms with Crippen molar-refractivity contribution in [2.45, 2.75) is 51.9 Å². The first-order valence-corrected chi connectivity index (χ1v) is 10.5. The number of benzene rings is 1. The molecular formula is C28H29N. The Morgan fingerprint density at radius 1 is 1.14 bits per heavy atom. The van der Waals surface area contributed by atoms with Gasteiger partial charge in [-0.3, -0.25) is 0 Å². The van der Waals surface area contributed by atoms with Gasteiger partial charge < -0.3 is 4.98 Å². The van der Waals surface area contributed by atoms with Gasteiger partial charge >= 0.3 is 0 Å². The van der Waals surface area contributed by atoms with Crippen molar-refractivity contribution in [1.29, 1.82) is 0 Å². The van der Waals surface area contributed by atoms with Crippen LogP contribution in [0.5, 0.6) is 0 Å². The Morgan fingerprint density at radius 2 is 1.90 bits per heavy atom. The molecule has 0 saturated carbocycles. The molecule has 4 rings (SSSR count). The normalized spacial score (nSPS) is 20.7. The summed E-state index contributed by atoms with van der Waals surface area (Å²) in [5.74, 6) is 0. The maximum Gasteiger partial charge on any atom is 0.0732 e. The number of hydrogen-bond acceptors (Lipinski definition) is 0. The van der Waals surface area contributed by atoms with E-state index in [0.29, 0.717) is 0 Å². The van der Waals surface area contributed by atoms with Gasteiger partial charge in [0.1, 0.15) is 0 Å². The van der Waals surface area contributed by atoms with Crippen LogP contribution in [0.4, 0.5) is 0 Å². The van der Waals surface area contributed by atoms with Crippen LogP contribution in [0.1, 0.15) is 63.4 Å². The predicted octanol–water partition coefficient (Wildman–Crippen LogP) is 7.16. The second-order valence-corrected chi connectivity index (χ2v) is 8.80. The molecule has 1 aromatic heterocycles. The highest BCUT2D eigenvalue weighted by molar-refractivity contribution is 5.93. The zero-order valence-electron chi connectivity index (χ0n) is 18.1. The summed E-state index contributed by atoms with van der Waals surface area (Å²) in [7, 11) is 0. The van der Waals surface area contributed by atoms with Crippen LogP contribution in [0.15, 0.2) is 89.5 Å². The minimum absolute atomic E-state index is 0.132. The SMILES string of the molecule is C/C=C\C(=C/CC)C1(c2ccc(C(C)(C)C)cc2)C2=CC=C=C=C2c2[nH]ccc21. The Morgan fingerprint density at radius 3 is 2.55 bits per heavy atom. The molecule has 1 unspecified atom stereocenters. The van der Waals surface area contributed by atoms with Gasteiger partial charge in [-0.15, -0.1) is 0 Å². The minimum atomic E-state index is -0.338. The van der Waals surface area contributed by atoms with Gasteiger partial charge in [0.15, 0.2) is 0 Å². The maximum atomic E-state index is 3.47. The fourth-order valence-corrected chi connectivity index (χ4v) is 4.69. The Balaban J connectivity index is 2.06. The maximum absolute atomic E-state index is 3.47. The first kappa shape index (κ1) is 19.3. The summed E-state index contributed by atoms with van der Waals surface area (Å²) in [4.78, 5) is 3.47. The van der Waals surface area contributed by atoms with Crippen molar-refractivity contribution >= 4 is 5.57 Å². The van der Waals surface area contributed by atoms with Gasteiger partial charge in [-0.25, -0.2) is 0 Å². The summed E-state index contributed by atoms with van der Waals surface area (Å²) in [5.41, 5.74) is 15.1. The van der Waals surface area contributed by atoms with Crippen LogP contribution in [-0.4, -0.2) is 4.98 Å². The number of hydrogen-bond donors (Lipinski definition) is 1. The molecule has 0 bridgehead atoms. The first-order valence-electron chi connectivity index (χ1n) is 10.5. The second kappa shape index (κ2) is 7.12. The molecule has 1 heteroatoms. The lowest BCUT2D eigenvalue weighted by Crippen LogP contribution is -2.29. The quantitative estimate of drug-likeness (QED) is 0.428. The van der Waals surface area contributed by atoms with E-state index in [2.05, 4.69) is 106 Å². The molecule has 0 saturated heterocycles. The van der Waals surface area contributed by atoms with Crippen molar-refractivity contribution < 1.29 is 0 Å². The van der Waals surface area contributed by atoms with Gasteiger partial charge in [-0.1, -0.05) is 81.7 Å². The minimum Gasteiger partial charge on any atom is -0.360 e. The average Bonchev–Trinajstić information content (AvgIpc) is 3.28. The fourth-order valence-electron chi connectivity index (χ4n) is 4.69. The molecule has 0 fully saturated rings. The third kappa shape index (κ3) is 2.87. The highest BCUT2D eigenvalue weighted by Gasteiger charge is 2.49. The largest absolute Gasteiger partial charge is 0.360 e. The summed E-state index contributed by atoms with van der Waals surface area (Å²) < 4.78 is 0. The van der Waals surface area contributed by atoms with Crippen molar-refractivity contribution in [2.24, 2.45) is 0 Å². The highest BCUT2D eigenvalue weighted by atomic mass is 14.7. The molecule has 1 N–H and O–H groups in total. The molecule has 0 spiro atoms. The van der Waals surface area contributed by atoms with E-state index in [4.69, 9.17) is 0 Å².